The molecule has 4 nitrogen and oxygen atoms in total. The molecule has 3 aliphatic rings. The van der Waals surface area contributed by atoms with E-state index in [0.717, 1.165) is 37.9 Å². The Bertz CT molecular complexity index is 702. The summed E-state index contributed by atoms with van der Waals surface area (Å²) < 4.78 is 0. The fourth-order valence-corrected chi connectivity index (χ4v) is 5.64. The third-order valence-corrected chi connectivity index (χ3v) is 7.20. The van der Waals surface area contributed by atoms with Gasteiger partial charge in [0.05, 0.1) is 5.60 Å². The first kappa shape index (κ1) is 17.0. The molecule has 1 saturated heterocycles. The molecule has 2 bridgehead atoms. The molecular formula is C21H29NO3. The standard InChI is InChI=1S/C21H29NO3/c1-3-14(2)13-22-9-8-20-12-17(24)6-7-21(20,25)19(22)10-15-4-5-16(23)11-18(15)20/h4-5,11,14,19,23,25H,3,6-10,12-13H2,1-2H3. The van der Waals surface area contributed by atoms with Crippen LogP contribution in [0.3, 0.4) is 0 Å². The lowest BCUT2D eigenvalue weighted by Gasteiger charge is -2.63. The van der Waals surface area contributed by atoms with E-state index in [-0.39, 0.29) is 17.6 Å². The second-order valence-corrected chi connectivity index (χ2v) is 8.54. The average Bonchev–Trinajstić information content (AvgIpc) is 2.58. The van der Waals surface area contributed by atoms with Gasteiger partial charge in [0.1, 0.15) is 11.5 Å². The van der Waals surface area contributed by atoms with Crippen LogP contribution < -0.4 is 0 Å². The van der Waals surface area contributed by atoms with Crippen LogP contribution >= 0.6 is 0 Å². The summed E-state index contributed by atoms with van der Waals surface area (Å²) in [5.74, 6) is 1.08. The lowest BCUT2D eigenvalue weighted by atomic mass is 9.49. The van der Waals surface area contributed by atoms with Gasteiger partial charge in [0.25, 0.3) is 0 Å². The summed E-state index contributed by atoms with van der Waals surface area (Å²) >= 11 is 0. The molecule has 2 N–H and O–H groups in total. The number of Topliss-reactive ketones (excluding diaryl/α,β-unsaturated/α-hetero) is 1. The van der Waals surface area contributed by atoms with Gasteiger partial charge >= 0.3 is 0 Å². The zero-order valence-electron chi connectivity index (χ0n) is 15.3. The second-order valence-electron chi connectivity index (χ2n) is 8.54. The first-order valence-electron chi connectivity index (χ1n) is 9.70. The number of carbonyl (C=O) groups is 1. The highest BCUT2D eigenvalue weighted by molar-refractivity contribution is 5.82. The fraction of sp³-hybridized carbons (Fsp3) is 0.667. The molecule has 2 aliphatic carbocycles. The predicted molar refractivity (Wildman–Crippen MR) is 96.7 cm³/mol. The minimum absolute atomic E-state index is 0.0698. The highest BCUT2D eigenvalue weighted by Gasteiger charge is 2.64. The molecule has 1 aliphatic heterocycles. The maximum atomic E-state index is 12.4. The van der Waals surface area contributed by atoms with E-state index < -0.39 is 11.0 Å². The zero-order valence-corrected chi connectivity index (χ0v) is 15.3. The third-order valence-electron chi connectivity index (χ3n) is 7.20. The fourth-order valence-electron chi connectivity index (χ4n) is 5.64. The second kappa shape index (κ2) is 5.82. The molecule has 0 amide bonds. The summed E-state index contributed by atoms with van der Waals surface area (Å²) in [4.78, 5) is 14.8. The Labute approximate surface area is 149 Å². The van der Waals surface area contributed by atoms with Crippen LogP contribution in [-0.2, 0) is 16.6 Å². The number of fused-ring (bicyclic) bond motifs is 1. The van der Waals surface area contributed by atoms with Crippen LogP contribution in [0.25, 0.3) is 0 Å². The number of nitrogens with zero attached hydrogens (tertiary/aromatic N) is 1. The van der Waals surface area contributed by atoms with Crippen LogP contribution in [0.1, 0.15) is 57.1 Å². The van der Waals surface area contributed by atoms with Crippen molar-refractivity contribution in [1.82, 2.24) is 4.90 Å². The minimum Gasteiger partial charge on any atom is -0.508 e. The Morgan fingerprint density at radius 1 is 1.36 bits per heavy atom. The first-order chi connectivity index (χ1) is 11.9. The molecule has 4 rings (SSSR count). The van der Waals surface area contributed by atoms with Gasteiger partial charge in [0, 0.05) is 30.8 Å². The van der Waals surface area contributed by atoms with Crippen molar-refractivity contribution < 1.29 is 15.0 Å². The Hall–Kier alpha value is -1.39. The average molecular weight is 343 g/mol. The monoisotopic (exact) mass is 343 g/mol. The lowest BCUT2D eigenvalue weighted by molar-refractivity contribution is -0.173. The van der Waals surface area contributed by atoms with Crippen molar-refractivity contribution in [1.29, 1.82) is 0 Å². The van der Waals surface area contributed by atoms with Gasteiger partial charge in [0.2, 0.25) is 0 Å². The molecule has 4 atom stereocenters. The van der Waals surface area contributed by atoms with E-state index in [4.69, 9.17) is 0 Å². The van der Waals surface area contributed by atoms with Crippen molar-refractivity contribution in [3.05, 3.63) is 29.3 Å². The Kier molecular flexibility index (Phi) is 3.97. The third kappa shape index (κ3) is 2.37. The number of piperidine rings is 1. The van der Waals surface area contributed by atoms with Crippen LogP contribution in [0.15, 0.2) is 18.2 Å². The number of aliphatic hydroxyl groups is 1. The van der Waals surface area contributed by atoms with E-state index in [2.05, 4.69) is 18.7 Å². The lowest BCUT2D eigenvalue weighted by Crippen LogP contribution is -2.73. The highest BCUT2D eigenvalue weighted by atomic mass is 16.3. The molecule has 1 heterocycles. The summed E-state index contributed by atoms with van der Waals surface area (Å²) in [7, 11) is 0. The molecule has 1 aromatic carbocycles. The topological polar surface area (TPSA) is 60.8 Å². The molecular weight excluding hydrogens is 314 g/mol. The molecule has 2 fully saturated rings. The number of likely N-dealkylation sites (tertiary alicyclic amines) is 1. The first-order valence-corrected chi connectivity index (χ1v) is 9.70. The van der Waals surface area contributed by atoms with Crippen molar-refractivity contribution in [2.75, 3.05) is 13.1 Å². The molecule has 1 saturated carbocycles. The molecule has 0 aromatic heterocycles. The largest absolute Gasteiger partial charge is 0.508 e. The summed E-state index contributed by atoms with van der Waals surface area (Å²) in [5, 5.41) is 21.9. The van der Waals surface area contributed by atoms with Gasteiger partial charge in [0.15, 0.2) is 0 Å². The van der Waals surface area contributed by atoms with Crippen LogP contribution in [-0.4, -0.2) is 45.6 Å². The van der Waals surface area contributed by atoms with Gasteiger partial charge in [-0.15, -0.1) is 0 Å². The van der Waals surface area contributed by atoms with Gasteiger partial charge in [-0.05, 0) is 55.0 Å². The van der Waals surface area contributed by atoms with Gasteiger partial charge in [-0.1, -0.05) is 26.3 Å². The Balaban J connectivity index is 1.83. The quantitative estimate of drug-likeness (QED) is 0.886. The van der Waals surface area contributed by atoms with Gasteiger partial charge in [-0.3, -0.25) is 9.69 Å². The van der Waals surface area contributed by atoms with Gasteiger partial charge in [-0.25, -0.2) is 0 Å². The Morgan fingerprint density at radius 2 is 2.16 bits per heavy atom. The van der Waals surface area contributed by atoms with Crippen LogP contribution in [0.2, 0.25) is 0 Å². The van der Waals surface area contributed by atoms with E-state index in [1.54, 1.807) is 12.1 Å². The van der Waals surface area contributed by atoms with Crippen molar-refractivity contribution in [2.45, 2.75) is 69.4 Å². The minimum atomic E-state index is -0.868. The molecule has 4 heteroatoms. The number of benzene rings is 1. The predicted octanol–water partition coefficient (Wildman–Crippen LogP) is 2.79. The molecule has 25 heavy (non-hydrogen) atoms. The van der Waals surface area contributed by atoms with E-state index in [0.29, 0.717) is 25.2 Å². The van der Waals surface area contributed by atoms with E-state index in [9.17, 15) is 15.0 Å². The molecule has 0 spiro atoms. The SMILES string of the molecule is CCC(C)CN1CCC23CC(=O)CCC2(O)C1Cc1ccc(O)cc13. The number of ketones is 1. The van der Waals surface area contributed by atoms with Crippen LogP contribution in [0, 0.1) is 5.92 Å². The zero-order chi connectivity index (χ0) is 17.8. The number of hydrogen-bond acceptors (Lipinski definition) is 4. The molecule has 1 aromatic rings. The van der Waals surface area contributed by atoms with Crippen LogP contribution in [0.5, 0.6) is 5.75 Å². The highest BCUT2D eigenvalue weighted by Crippen LogP contribution is 2.57. The maximum Gasteiger partial charge on any atom is 0.134 e. The van der Waals surface area contributed by atoms with Crippen LogP contribution in [0.4, 0.5) is 0 Å². The summed E-state index contributed by atoms with van der Waals surface area (Å²) in [6.45, 7) is 6.40. The number of hydrogen-bond donors (Lipinski definition) is 2. The number of carbonyl (C=O) groups excluding carboxylic acids is 1. The van der Waals surface area contributed by atoms with E-state index in [1.807, 2.05) is 6.07 Å². The smallest absolute Gasteiger partial charge is 0.134 e. The molecule has 0 radical (unpaired) electrons. The molecule has 136 valence electrons. The normalized spacial score (nSPS) is 35.8. The van der Waals surface area contributed by atoms with Gasteiger partial charge < -0.3 is 10.2 Å². The van der Waals surface area contributed by atoms with E-state index in [1.165, 1.54) is 5.56 Å². The molecule has 4 unspecified atom stereocenters. The summed E-state index contributed by atoms with van der Waals surface area (Å²) in [6.07, 6.45) is 4.16. The summed E-state index contributed by atoms with van der Waals surface area (Å²) in [5.41, 5.74) is 0.817. The van der Waals surface area contributed by atoms with Crippen molar-refractivity contribution in [2.24, 2.45) is 5.92 Å². The maximum absolute atomic E-state index is 12.4. The number of aromatic hydroxyl groups is 1. The Morgan fingerprint density at radius 3 is 2.92 bits per heavy atom. The number of rotatable bonds is 3. The van der Waals surface area contributed by atoms with Crippen molar-refractivity contribution in [3.8, 4) is 5.75 Å². The number of phenols is 1. The van der Waals surface area contributed by atoms with Gasteiger partial charge in [-0.2, -0.15) is 0 Å². The van der Waals surface area contributed by atoms with Crippen molar-refractivity contribution >= 4 is 5.78 Å². The van der Waals surface area contributed by atoms with Crippen molar-refractivity contribution in [3.63, 3.8) is 0 Å². The number of phenolic OH excluding ortho intramolecular Hbond substituents is 1. The summed E-state index contributed by atoms with van der Waals surface area (Å²) in [6, 6.07) is 5.60. The van der Waals surface area contributed by atoms with E-state index >= 15 is 0 Å².